The van der Waals surface area contributed by atoms with Crippen molar-refractivity contribution in [3.8, 4) is 0 Å². The van der Waals surface area contributed by atoms with Crippen molar-refractivity contribution in [2.75, 3.05) is 19.5 Å². The van der Waals surface area contributed by atoms with E-state index < -0.39 is 30.5 Å². The summed E-state index contributed by atoms with van der Waals surface area (Å²) in [6.07, 6.45) is -5.67. The van der Waals surface area contributed by atoms with Gasteiger partial charge in [-0.25, -0.2) is 15.4 Å². The number of hydrazine groups is 1. The summed E-state index contributed by atoms with van der Waals surface area (Å²) in [5, 5.41) is 2.88. The van der Waals surface area contributed by atoms with E-state index in [-0.39, 0.29) is 11.3 Å². The molecule has 0 heterocycles. The highest BCUT2D eigenvalue weighted by Gasteiger charge is 2.34. The summed E-state index contributed by atoms with van der Waals surface area (Å²) in [6.45, 7) is -0.658. The molecule has 23 heavy (non-hydrogen) atoms. The van der Waals surface area contributed by atoms with Crippen molar-refractivity contribution in [1.29, 1.82) is 0 Å². The molecule has 0 saturated heterocycles. The number of amides is 3. The van der Waals surface area contributed by atoms with Crippen LogP contribution in [0, 0.1) is 0 Å². The van der Waals surface area contributed by atoms with Crippen LogP contribution < -0.4 is 16.6 Å². The second-order valence-electron chi connectivity index (χ2n) is 4.25. The SMILES string of the molecule is COC(=O)NOCc1c(NC(=O)N(C)N)cccc1C(F)(F)F. The van der Waals surface area contributed by atoms with E-state index in [2.05, 4.69) is 14.9 Å². The summed E-state index contributed by atoms with van der Waals surface area (Å²) < 4.78 is 43.4. The third kappa shape index (κ3) is 5.30. The summed E-state index contributed by atoms with van der Waals surface area (Å²) in [5.41, 5.74) is 0.219. The summed E-state index contributed by atoms with van der Waals surface area (Å²) in [5.74, 6) is 5.21. The Hall–Kier alpha value is -2.53. The second-order valence-corrected chi connectivity index (χ2v) is 4.25. The number of anilines is 1. The standard InChI is InChI=1S/C12H15F3N4O4/c1-19(16)10(20)17-9-5-3-4-8(12(13,14)15)7(9)6-23-18-11(21)22-2/h3-5H,6,16H2,1-2H3,(H,17,20)(H,18,21). The van der Waals surface area contributed by atoms with Crippen molar-refractivity contribution >= 4 is 17.8 Å². The Morgan fingerprint density at radius 1 is 1.35 bits per heavy atom. The highest BCUT2D eigenvalue weighted by molar-refractivity contribution is 5.89. The molecule has 0 aromatic heterocycles. The molecule has 0 aliphatic heterocycles. The Balaban J connectivity index is 3.09. The number of urea groups is 1. The van der Waals surface area contributed by atoms with Gasteiger partial charge in [-0.1, -0.05) is 6.07 Å². The van der Waals surface area contributed by atoms with Gasteiger partial charge in [-0.05, 0) is 12.1 Å². The Kier molecular flexibility index (Phi) is 6.16. The van der Waals surface area contributed by atoms with Gasteiger partial charge in [0.2, 0.25) is 0 Å². The van der Waals surface area contributed by atoms with E-state index in [1.165, 1.54) is 13.1 Å². The molecule has 1 aromatic rings. The first-order valence-electron chi connectivity index (χ1n) is 6.11. The molecule has 1 aromatic carbocycles. The van der Waals surface area contributed by atoms with Crippen LogP contribution in [0.2, 0.25) is 0 Å². The number of methoxy groups -OCH3 is 1. The number of rotatable bonds is 4. The number of benzene rings is 1. The van der Waals surface area contributed by atoms with Crippen LogP contribution in [0.5, 0.6) is 0 Å². The van der Waals surface area contributed by atoms with Gasteiger partial charge in [0.05, 0.1) is 12.7 Å². The van der Waals surface area contributed by atoms with Gasteiger partial charge in [-0.2, -0.15) is 18.7 Å². The molecule has 1 rings (SSSR count). The minimum Gasteiger partial charge on any atom is -0.451 e. The van der Waals surface area contributed by atoms with Crippen molar-refractivity contribution in [3.63, 3.8) is 0 Å². The number of carbonyl (C=O) groups excluding carboxylic acids is 2. The molecule has 11 heteroatoms. The summed E-state index contributed by atoms with van der Waals surface area (Å²) in [7, 11) is 2.28. The highest BCUT2D eigenvalue weighted by Crippen LogP contribution is 2.35. The molecule has 0 saturated carbocycles. The zero-order valence-electron chi connectivity index (χ0n) is 12.2. The highest BCUT2D eigenvalue weighted by atomic mass is 19.4. The molecular weight excluding hydrogens is 321 g/mol. The van der Waals surface area contributed by atoms with Gasteiger partial charge in [-0.15, -0.1) is 0 Å². The Bertz CT molecular complexity index is 578. The van der Waals surface area contributed by atoms with E-state index in [1.54, 1.807) is 5.48 Å². The lowest BCUT2D eigenvalue weighted by atomic mass is 10.1. The largest absolute Gasteiger partial charge is 0.451 e. The average Bonchev–Trinajstić information content (AvgIpc) is 2.46. The molecule has 0 radical (unpaired) electrons. The number of ether oxygens (including phenoxy) is 1. The third-order valence-electron chi connectivity index (χ3n) is 2.60. The maximum Gasteiger partial charge on any atom is 0.431 e. The number of halogens is 3. The fourth-order valence-corrected chi connectivity index (χ4v) is 1.54. The molecule has 0 atom stereocenters. The number of nitrogens with two attached hydrogens (primary N) is 1. The lowest BCUT2D eigenvalue weighted by Crippen LogP contribution is -2.37. The molecule has 4 N–H and O–H groups in total. The van der Waals surface area contributed by atoms with Crippen molar-refractivity contribution in [2.45, 2.75) is 12.8 Å². The van der Waals surface area contributed by atoms with E-state index in [4.69, 9.17) is 5.84 Å². The molecule has 0 fully saturated rings. The van der Waals surface area contributed by atoms with Gasteiger partial charge < -0.3 is 10.1 Å². The van der Waals surface area contributed by atoms with Crippen LogP contribution in [0.4, 0.5) is 28.4 Å². The predicted molar refractivity (Wildman–Crippen MR) is 72.7 cm³/mol. The van der Waals surface area contributed by atoms with Crippen LogP contribution in [0.25, 0.3) is 0 Å². The first kappa shape index (κ1) is 18.5. The number of alkyl halides is 3. The quantitative estimate of drug-likeness (QED) is 0.442. The molecular formula is C12H15F3N4O4. The van der Waals surface area contributed by atoms with Crippen LogP contribution in [0.15, 0.2) is 18.2 Å². The topological polar surface area (TPSA) is 106 Å². The molecule has 8 nitrogen and oxygen atoms in total. The van der Waals surface area contributed by atoms with Gasteiger partial charge in [0.15, 0.2) is 0 Å². The number of hydrogen-bond acceptors (Lipinski definition) is 5. The van der Waals surface area contributed by atoms with Crippen LogP contribution >= 0.6 is 0 Å². The second kappa shape index (κ2) is 7.65. The molecule has 0 unspecified atom stereocenters. The maximum absolute atomic E-state index is 13.1. The van der Waals surface area contributed by atoms with Gasteiger partial charge >= 0.3 is 18.3 Å². The number of nitrogens with one attached hydrogen (secondary N) is 2. The van der Waals surface area contributed by atoms with Gasteiger partial charge in [0, 0.05) is 18.3 Å². The van der Waals surface area contributed by atoms with Crippen molar-refractivity contribution in [1.82, 2.24) is 10.5 Å². The van der Waals surface area contributed by atoms with E-state index in [0.29, 0.717) is 5.01 Å². The minimum absolute atomic E-state index is 0.159. The number of hydrogen-bond donors (Lipinski definition) is 3. The Labute approximate surface area is 129 Å². The zero-order chi connectivity index (χ0) is 17.6. The molecule has 0 aliphatic rings. The van der Waals surface area contributed by atoms with Crippen LogP contribution in [0.1, 0.15) is 11.1 Å². The summed E-state index contributed by atoms with van der Waals surface area (Å²) >= 11 is 0. The number of hydroxylamine groups is 1. The zero-order valence-corrected chi connectivity index (χ0v) is 12.2. The molecule has 0 spiro atoms. The minimum atomic E-state index is -4.68. The van der Waals surface area contributed by atoms with Gasteiger partial charge in [0.1, 0.15) is 6.61 Å². The van der Waals surface area contributed by atoms with Gasteiger partial charge in [0.25, 0.3) is 0 Å². The fraction of sp³-hybridized carbons (Fsp3) is 0.333. The lowest BCUT2D eigenvalue weighted by molar-refractivity contribution is -0.139. The average molecular weight is 336 g/mol. The fourth-order valence-electron chi connectivity index (χ4n) is 1.54. The van der Waals surface area contributed by atoms with Gasteiger partial charge in [-0.3, -0.25) is 9.85 Å². The third-order valence-corrected chi connectivity index (χ3v) is 2.60. The van der Waals surface area contributed by atoms with Crippen molar-refractivity contribution in [2.24, 2.45) is 5.84 Å². The van der Waals surface area contributed by atoms with E-state index in [0.717, 1.165) is 19.2 Å². The first-order valence-corrected chi connectivity index (χ1v) is 6.11. The van der Waals surface area contributed by atoms with E-state index >= 15 is 0 Å². The van der Waals surface area contributed by atoms with Crippen LogP contribution in [-0.4, -0.2) is 31.3 Å². The Morgan fingerprint density at radius 3 is 2.52 bits per heavy atom. The predicted octanol–water partition coefficient (Wildman–Crippen LogP) is 1.83. The van der Waals surface area contributed by atoms with Crippen molar-refractivity contribution < 1.29 is 32.3 Å². The number of carbonyl (C=O) groups is 2. The molecule has 0 bridgehead atoms. The van der Waals surface area contributed by atoms with Crippen LogP contribution in [-0.2, 0) is 22.4 Å². The van der Waals surface area contributed by atoms with Crippen LogP contribution in [0.3, 0.4) is 0 Å². The van der Waals surface area contributed by atoms with E-state index in [9.17, 15) is 22.8 Å². The Morgan fingerprint density at radius 2 is 2.00 bits per heavy atom. The molecule has 0 aliphatic carbocycles. The molecule has 3 amide bonds. The summed E-state index contributed by atoms with van der Waals surface area (Å²) in [6, 6.07) is 2.35. The normalized spacial score (nSPS) is 10.9. The maximum atomic E-state index is 13.1. The smallest absolute Gasteiger partial charge is 0.431 e. The van der Waals surface area contributed by atoms with Crippen molar-refractivity contribution in [3.05, 3.63) is 29.3 Å². The first-order chi connectivity index (χ1) is 10.7. The lowest BCUT2D eigenvalue weighted by Gasteiger charge is -2.19. The summed E-state index contributed by atoms with van der Waals surface area (Å²) in [4.78, 5) is 27.1. The van der Waals surface area contributed by atoms with E-state index in [1.807, 2.05) is 0 Å². The number of nitrogens with zero attached hydrogens (tertiary/aromatic N) is 1. The molecule has 128 valence electrons. The monoisotopic (exact) mass is 336 g/mol.